The molecule has 0 fully saturated rings. The first-order valence-corrected chi connectivity index (χ1v) is 8.06. The fraction of sp³-hybridized carbons (Fsp3) is 0.143. The number of rotatable bonds is 4. The Morgan fingerprint density at radius 2 is 1.68 bits per heavy atom. The van der Waals surface area contributed by atoms with E-state index in [0.717, 1.165) is 15.6 Å². The van der Waals surface area contributed by atoms with Crippen LogP contribution in [0.5, 0.6) is 0 Å². The number of benzene rings is 2. The molecule has 0 aromatic heterocycles. The Kier molecular flexibility index (Phi) is 4.39. The van der Waals surface area contributed by atoms with Crippen LogP contribution in [0.4, 0.5) is 0 Å². The van der Waals surface area contributed by atoms with Gasteiger partial charge in [-0.1, -0.05) is 40.2 Å². The molecule has 0 atom stereocenters. The van der Waals surface area contributed by atoms with E-state index in [1.807, 2.05) is 31.2 Å². The van der Waals surface area contributed by atoms with Crippen molar-refractivity contribution in [2.75, 3.05) is 0 Å². The van der Waals surface area contributed by atoms with Gasteiger partial charge in [0.1, 0.15) is 0 Å². The summed E-state index contributed by atoms with van der Waals surface area (Å²) in [4.78, 5) is 0.268. The molecule has 19 heavy (non-hydrogen) atoms. The van der Waals surface area contributed by atoms with Gasteiger partial charge in [0.15, 0.2) is 0 Å². The number of halogens is 1. The van der Waals surface area contributed by atoms with E-state index in [9.17, 15) is 8.42 Å². The van der Waals surface area contributed by atoms with E-state index < -0.39 is 10.0 Å². The zero-order chi connectivity index (χ0) is 13.9. The van der Waals surface area contributed by atoms with Gasteiger partial charge in [0.25, 0.3) is 0 Å². The van der Waals surface area contributed by atoms with Crippen LogP contribution >= 0.6 is 15.9 Å². The molecule has 0 spiro atoms. The molecule has 3 nitrogen and oxygen atoms in total. The molecule has 5 heteroatoms. The van der Waals surface area contributed by atoms with Crippen LogP contribution in [-0.4, -0.2) is 8.42 Å². The minimum absolute atomic E-state index is 0.268. The van der Waals surface area contributed by atoms with Crippen LogP contribution in [0.1, 0.15) is 11.1 Å². The maximum absolute atomic E-state index is 12.1. The molecule has 2 rings (SSSR count). The van der Waals surface area contributed by atoms with Crippen molar-refractivity contribution >= 4 is 26.0 Å². The molecule has 0 radical (unpaired) electrons. The van der Waals surface area contributed by atoms with Crippen LogP contribution in [-0.2, 0) is 16.6 Å². The van der Waals surface area contributed by atoms with E-state index in [0.29, 0.717) is 6.54 Å². The van der Waals surface area contributed by atoms with Crippen molar-refractivity contribution in [2.45, 2.75) is 18.4 Å². The van der Waals surface area contributed by atoms with Gasteiger partial charge in [-0.2, -0.15) is 0 Å². The zero-order valence-electron chi connectivity index (χ0n) is 10.4. The SMILES string of the molecule is Cc1ccccc1CNS(=O)(=O)c1ccc(Br)cc1. The highest BCUT2D eigenvalue weighted by molar-refractivity contribution is 9.10. The second-order valence-corrected chi connectivity index (χ2v) is 6.89. The molecule has 2 aromatic carbocycles. The highest BCUT2D eigenvalue weighted by atomic mass is 79.9. The lowest BCUT2D eigenvalue weighted by Crippen LogP contribution is -2.23. The molecule has 0 aliphatic carbocycles. The fourth-order valence-electron chi connectivity index (χ4n) is 1.68. The second kappa shape index (κ2) is 5.86. The summed E-state index contributed by atoms with van der Waals surface area (Å²) in [7, 11) is -3.46. The fourth-order valence-corrected chi connectivity index (χ4v) is 2.95. The number of hydrogen-bond donors (Lipinski definition) is 1. The Balaban J connectivity index is 2.14. The minimum atomic E-state index is -3.46. The summed E-state index contributed by atoms with van der Waals surface area (Å²) in [5, 5.41) is 0. The lowest BCUT2D eigenvalue weighted by atomic mass is 10.1. The highest BCUT2D eigenvalue weighted by Gasteiger charge is 2.13. The van der Waals surface area contributed by atoms with Gasteiger partial charge >= 0.3 is 0 Å². The molecule has 0 saturated heterocycles. The molecular weight excluding hydrogens is 326 g/mol. The Morgan fingerprint density at radius 1 is 1.05 bits per heavy atom. The van der Waals surface area contributed by atoms with Crippen molar-refractivity contribution in [3.8, 4) is 0 Å². The molecule has 0 heterocycles. The number of nitrogens with one attached hydrogen (secondary N) is 1. The first kappa shape index (κ1) is 14.2. The summed E-state index contributed by atoms with van der Waals surface area (Å²) in [5.74, 6) is 0. The average molecular weight is 340 g/mol. The van der Waals surface area contributed by atoms with E-state index >= 15 is 0 Å². The minimum Gasteiger partial charge on any atom is -0.207 e. The summed E-state index contributed by atoms with van der Waals surface area (Å²) in [6.07, 6.45) is 0. The Morgan fingerprint density at radius 3 is 2.32 bits per heavy atom. The third-order valence-electron chi connectivity index (χ3n) is 2.84. The van der Waals surface area contributed by atoms with Crippen LogP contribution in [0.25, 0.3) is 0 Å². The first-order valence-electron chi connectivity index (χ1n) is 5.79. The van der Waals surface area contributed by atoms with Crippen molar-refractivity contribution in [2.24, 2.45) is 0 Å². The Labute approximate surface area is 121 Å². The predicted molar refractivity (Wildman–Crippen MR) is 79.3 cm³/mol. The van der Waals surface area contributed by atoms with Crippen molar-refractivity contribution in [3.05, 3.63) is 64.1 Å². The molecule has 0 amide bonds. The van der Waals surface area contributed by atoms with Gasteiger partial charge in [0, 0.05) is 11.0 Å². The number of sulfonamides is 1. The molecule has 2 aromatic rings. The first-order chi connectivity index (χ1) is 8.99. The summed E-state index contributed by atoms with van der Waals surface area (Å²) in [5.41, 5.74) is 2.05. The van der Waals surface area contributed by atoms with Gasteiger partial charge in [-0.3, -0.25) is 0 Å². The van der Waals surface area contributed by atoms with Crippen molar-refractivity contribution in [3.63, 3.8) is 0 Å². The van der Waals surface area contributed by atoms with Gasteiger partial charge in [-0.15, -0.1) is 0 Å². The number of aryl methyl sites for hydroxylation is 1. The van der Waals surface area contributed by atoms with Crippen LogP contribution in [0, 0.1) is 6.92 Å². The molecule has 0 saturated carbocycles. The van der Waals surface area contributed by atoms with Crippen molar-refractivity contribution in [1.29, 1.82) is 0 Å². The summed E-state index contributed by atoms with van der Waals surface area (Å²) >= 11 is 3.28. The zero-order valence-corrected chi connectivity index (χ0v) is 12.8. The largest absolute Gasteiger partial charge is 0.240 e. The summed E-state index contributed by atoms with van der Waals surface area (Å²) in [6.45, 7) is 2.26. The molecular formula is C14H14BrNO2S. The molecule has 1 N–H and O–H groups in total. The van der Waals surface area contributed by atoms with Gasteiger partial charge in [-0.05, 0) is 42.3 Å². The molecule has 0 aliphatic heterocycles. The maximum atomic E-state index is 12.1. The van der Waals surface area contributed by atoms with E-state index in [-0.39, 0.29) is 4.90 Å². The average Bonchev–Trinajstić information content (AvgIpc) is 2.38. The van der Waals surface area contributed by atoms with E-state index in [1.54, 1.807) is 24.3 Å². The predicted octanol–water partition coefficient (Wildman–Crippen LogP) is 3.24. The normalized spacial score (nSPS) is 11.5. The van der Waals surface area contributed by atoms with E-state index in [2.05, 4.69) is 20.7 Å². The van der Waals surface area contributed by atoms with Crippen LogP contribution in [0.2, 0.25) is 0 Å². The van der Waals surface area contributed by atoms with Crippen molar-refractivity contribution < 1.29 is 8.42 Å². The highest BCUT2D eigenvalue weighted by Crippen LogP contribution is 2.15. The monoisotopic (exact) mass is 339 g/mol. The maximum Gasteiger partial charge on any atom is 0.240 e. The summed E-state index contributed by atoms with van der Waals surface area (Å²) in [6, 6.07) is 14.3. The molecule has 0 aliphatic rings. The standard InChI is InChI=1S/C14H14BrNO2S/c1-11-4-2-3-5-12(11)10-16-19(17,18)14-8-6-13(15)7-9-14/h2-9,16H,10H2,1H3. The van der Waals surface area contributed by atoms with E-state index in [1.165, 1.54) is 0 Å². The molecule has 0 bridgehead atoms. The third-order valence-corrected chi connectivity index (χ3v) is 4.78. The quantitative estimate of drug-likeness (QED) is 0.929. The van der Waals surface area contributed by atoms with E-state index in [4.69, 9.17) is 0 Å². The van der Waals surface area contributed by atoms with Gasteiger partial charge in [0.2, 0.25) is 10.0 Å². The van der Waals surface area contributed by atoms with Crippen LogP contribution in [0.3, 0.4) is 0 Å². The topological polar surface area (TPSA) is 46.2 Å². The van der Waals surface area contributed by atoms with Gasteiger partial charge < -0.3 is 0 Å². The van der Waals surface area contributed by atoms with Crippen LogP contribution < -0.4 is 4.72 Å². The summed E-state index contributed by atoms with van der Waals surface area (Å²) < 4.78 is 27.7. The smallest absolute Gasteiger partial charge is 0.207 e. The Bertz CT molecular complexity index is 666. The van der Waals surface area contributed by atoms with Gasteiger partial charge in [-0.25, -0.2) is 13.1 Å². The molecule has 0 unspecified atom stereocenters. The lowest BCUT2D eigenvalue weighted by Gasteiger charge is -2.08. The van der Waals surface area contributed by atoms with Crippen LogP contribution in [0.15, 0.2) is 57.9 Å². The number of hydrogen-bond acceptors (Lipinski definition) is 2. The molecule has 100 valence electrons. The van der Waals surface area contributed by atoms with Crippen molar-refractivity contribution in [1.82, 2.24) is 4.72 Å². The third kappa shape index (κ3) is 3.65. The lowest BCUT2D eigenvalue weighted by molar-refractivity contribution is 0.581. The second-order valence-electron chi connectivity index (χ2n) is 4.20. The Hall–Kier alpha value is -1.17. The van der Waals surface area contributed by atoms with Gasteiger partial charge in [0.05, 0.1) is 4.90 Å².